The maximum absolute atomic E-state index is 12.7. The van der Waals surface area contributed by atoms with E-state index < -0.39 is 12.0 Å². The fourth-order valence-electron chi connectivity index (χ4n) is 3.48. The average Bonchev–Trinajstić information content (AvgIpc) is 2.90. The van der Waals surface area contributed by atoms with Crippen molar-refractivity contribution in [3.63, 3.8) is 0 Å². The number of nitrogen functional groups attached to an aromatic ring is 1. The van der Waals surface area contributed by atoms with Gasteiger partial charge in [-0.3, -0.25) is 20.0 Å². The highest BCUT2D eigenvalue weighted by Gasteiger charge is 2.39. The molecule has 5 N–H and O–H groups in total. The van der Waals surface area contributed by atoms with E-state index in [1.54, 1.807) is 4.90 Å². The van der Waals surface area contributed by atoms with Crippen LogP contribution < -0.4 is 16.6 Å². The Kier molecular flexibility index (Phi) is 4.34. The monoisotopic (exact) mass is 333 g/mol. The average molecular weight is 333 g/mol. The summed E-state index contributed by atoms with van der Waals surface area (Å²) >= 11 is 0. The van der Waals surface area contributed by atoms with Crippen LogP contribution in [0.1, 0.15) is 52.1 Å². The Balaban J connectivity index is 1.84. The molecule has 0 bridgehead atoms. The smallest absolute Gasteiger partial charge is 0.404 e. The highest BCUT2D eigenvalue weighted by molar-refractivity contribution is 6.01. The summed E-state index contributed by atoms with van der Waals surface area (Å²) < 4.78 is 0. The van der Waals surface area contributed by atoms with Gasteiger partial charge in [-0.1, -0.05) is 12.8 Å². The predicted molar refractivity (Wildman–Crippen MR) is 83.0 cm³/mol. The van der Waals surface area contributed by atoms with Gasteiger partial charge in [0.2, 0.25) is 0 Å². The molecule has 1 aliphatic carbocycles. The van der Waals surface area contributed by atoms with Crippen molar-refractivity contribution in [2.24, 2.45) is 5.84 Å². The first-order valence-electron chi connectivity index (χ1n) is 7.81. The van der Waals surface area contributed by atoms with E-state index in [1.807, 2.05) is 5.43 Å². The van der Waals surface area contributed by atoms with E-state index in [4.69, 9.17) is 10.9 Å². The van der Waals surface area contributed by atoms with Crippen LogP contribution in [0.4, 0.5) is 4.79 Å². The number of hydrogen-bond acceptors (Lipinski definition) is 5. The summed E-state index contributed by atoms with van der Waals surface area (Å²) in [6.07, 6.45) is 3.60. The highest BCUT2D eigenvalue weighted by atomic mass is 16.4. The third kappa shape index (κ3) is 2.90. The van der Waals surface area contributed by atoms with E-state index in [1.165, 1.54) is 12.3 Å². The molecular weight excluding hydrogens is 314 g/mol. The lowest BCUT2D eigenvalue weighted by Crippen LogP contribution is -2.53. The molecule has 128 valence electrons. The number of hydrazine groups is 1. The van der Waals surface area contributed by atoms with Crippen molar-refractivity contribution in [1.82, 2.24) is 20.6 Å². The van der Waals surface area contributed by atoms with Gasteiger partial charge in [0.15, 0.2) is 0 Å². The standard InChI is InChI=1S/C15H19N5O4/c16-19-13(21)8-5-9-11(17-6-8)7-20(14(9)22)12-4-2-1-3-10(12)18-15(23)24/h5-6,10,12,18H,1-4,7,16H2,(H,19,21)(H,23,24)/t10-,12-/m1/s1. The number of nitrogens with zero attached hydrogens (tertiary/aromatic N) is 2. The molecule has 0 radical (unpaired) electrons. The van der Waals surface area contributed by atoms with Gasteiger partial charge in [-0.25, -0.2) is 10.6 Å². The molecule has 9 heteroatoms. The number of rotatable bonds is 3. The van der Waals surface area contributed by atoms with Gasteiger partial charge >= 0.3 is 6.09 Å². The molecule has 3 rings (SSSR count). The molecule has 1 aromatic heterocycles. The summed E-state index contributed by atoms with van der Waals surface area (Å²) in [5.74, 6) is 4.36. The lowest BCUT2D eigenvalue weighted by molar-refractivity contribution is 0.0600. The van der Waals surface area contributed by atoms with Gasteiger partial charge in [0.1, 0.15) is 0 Å². The zero-order chi connectivity index (χ0) is 17.3. The van der Waals surface area contributed by atoms with Gasteiger partial charge < -0.3 is 15.3 Å². The van der Waals surface area contributed by atoms with Crippen molar-refractivity contribution in [3.05, 3.63) is 29.1 Å². The van der Waals surface area contributed by atoms with E-state index in [-0.39, 0.29) is 23.6 Å². The summed E-state index contributed by atoms with van der Waals surface area (Å²) in [6.45, 7) is 0.321. The molecular formula is C15H19N5O4. The minimum atomic E-state index is -1.09. The van der Waals surface area contributed by atoms with Gasteiger partial charge in [0.05, 0.1) is 35.4 Å². The Labute approximate surface area is 138 Å². The number of hydrogen-bond donors (Lipinski definition) is 4. The SMILES string of the molecule is NNC(=O)c1cnc2c(c1)C(=O)N([C@@H]1CCCC[C@H]1NC(=O)O)C2. The first-order valence-corrected chi connectivity index (χ1v) is 7.81. The highest BCUT2D eigenvalue weighted by Crippen LogP contribution is 2.30. The lowest BCUT2D eigenvalue weighted by Gasteiger charge is -2.37. The fraction of sp³-hybridized carbons (Fsp3) is 0.467. The number of carbonyl (C=O) groups is 3. The molecule has 1 fully saturated rings. The van der Waals surface area contributed by atoms with E-state index in [0.717, 1.165) is 19.3 Å². The maximum atomic E-state index is 12.7. The van der Waals surface area contributed by atoms with Crippen molar-refractivity contribution in [2.45, 2.75) is 44.3 Å². The zero-order valence-corrected chi connectivity index (χ0v) is 13.0. The topological polar surface area (TPSA) is 138 Å². The molecule has 1 aliphatic heterocycles. The number of nitrogens with two attached hydrogens (primary N) is 1. The van der Waals surface area contributed by atoms with Gasteiger partial charge in [-0.15, -0.1) is 0 Å². The Morgan fingerprint density at radius 1 is 1.33 bits per heavy atom. The van der Waals surface area contributed by atoms with Crippen LogP contribution in [0.15, 0.2) is 12.3 Å². The predicted octanol–water partition coefficient (Wildman–Crippen LogP) is 0.220. The summed E-state index contributed by atoms with van der Waals surface area (Å²) in [5, 5.41) is 11.5. The molecule has 24 heavy (non-hydrogen) atoms. The summed E-state index contributed by atoms with van der Waals surface area (Å²) in [5.41, 5.74) is 3.19. The van der Waals surface area contributed by atoms with Crippen LogP contribution in [-0.2, 0) is 6.54 Å². The van der Waals surface area contributed by atoms with Crippen LogP contribution in [-0.4, -0.2) is 45.0 Å². The fourth-order valence-corrected chi connectivity index (χ4v) is 3.48. The van der Waals surface area contributed by atoms with Gasteiger partial charge in [0, 0.05) is 6.20 Å². The normalized spacial score (nSPS) is 22.9. The number of aromatic nitrogens is 1. The van der Waals surface area contributed by atoms with Crippen molar-refractivity contribution >= 4 is 17.9 Å². The number of pyridine rings is 1. The number of nitrogens with one attached hydrogen (secondary N) is 2. The van der Waals surface area contributed by atoms with E-state index in [2.05, 4.69) is 10.3 Å². The lowest BCUT2D eigenvalue weighted by atomic mass is 9.89. The molecule has 2 heterocycles. The Morgan fingerprint density at radius 2 is 2.08 bits per heavy atom. The number of amides is 3. The first-order chi connectivity index (χ1) is 11.5. The van der Waals surface area contributed by atoms with Crippen molar-refractivity contribution in [1.29, 1.82) is 0 Å². The molecule has 0 spiro atoms. The molecule has 9 nitrogen and oxygen atoms in total. The van der Waals surface area contributed by atoms with Crippen LogP contribution in [0.2, 0.25) is 0 Å². The third-order valence-corrected chi connectivity index (χ3v) is 4.61. The van der Waals surface area contributed by atoms with E-state index >= 15 is 0 Å². The summed E-state index contributed by atoms with van der Waals surface area (Å²) in [7, 11) is 0. The van der Waals surface area contributed by atoms with Crippen LogP contribution in [0.25, 0.3) is 0 Å². The largest absolute Gasteiger partial charge is 0.465 e. The van der Waals surface area contributed by atoms with E-state index in [0.29, 0.717) is 24.2 Å². The van der Waals surface area contributed by atoms with Crippen LogP contribution in [0.5, 0.6) is 0 Å². The van der Waals surface area contributed by atoms with Gasteiger partial charge in [-0.05, 0) is 18.9 Å². The minimum absolute atomic E-state index is 0.205. The van der Waals surface area contributed by atoms with Gasteiger partial charge in [0.25, 0.3) is 11.8 Å². The second-order valence-corrected chi connectivity index (χ2v) is 6.03. The second-order valence-electron chi connectivity index (χ2n) is 6.03. The second kappa shape index (κ2) is 6.44. The number of carbonyl (C=O) groups excluding carboxylic acids is 2. The van der Waals surface area contributed by atoms with Crippen LogP contribution in [0.3, 0.4) is 0 Å². The van der Waals surface area contributed by atoms with Crippen molar-refractivity contribution in [2.75, 3.05) is 0 Å². The Bertz CT molecular complexity index is 692. The molecule has 0 aromatic carbocycles. The molecule has 3 amide bonds. The molecule has 2 aliphatic rings. The van der Waals surface area contributed by atoms with Crippen LogP contribution in [0, 0.1) is 0 Å². The summed E-state index contributed by atoms with van der Waals surface area (Å²) in [6, 6.07) is 0.986. The first kappa shape index (κ1) is 16.2. The van der Waals surface area contributed by atoms with Crippen LogP contribution >= 0.6 is 0 Å². The Hall–Kier alpha value is -2.68. The molecule has 1 aromatic rings. The summed E-state index contributed by atoms with van der Waals surface area (Å²) in [4.78, 5) is 41.2. The van der Waals surface area contributed by atoms with Crippen molar-refractivity contribution in [3.8, 4) is 0 Å². The molecule has 0 saturated heterocycles. The van der Waals surface area contributed by atoms with Crippen molar-refractivity contribution < 1.29 is 19.5 Å². The minimum Gasteiger partial charge on any atom is -0.465 e. The van der Waals surface area contributed by atoms with E-state index in [9.17, 15) is 14.4 Å². The Morgan fingerprint density at radius 3 is 2.79 bits per heavy atom. The number of carboxylic acid groups (broad SMARTS) is 1. The van der Waals surface area contributed by atoms with Gasteiger partial charge in [-0.2, -0.15) is 0 Å². The maximum Gasteiger partial charge on any atom is 0.404 e. The molecule has 1 saturated carbocycles. The third-order valence-electron chi connectivity index (χ3n) is 4.61. The quantitative estimate of drug-likeness (QED) is 0.355. The molecule has 0 unspecified atom stereocenters. The number of fused-ring (bicyclic) bond motifs is 1. The zero-order valence-electron chi connectivity index (χ0n) is 13.0. The molecule has 2 atom stereocenters.